The van der Waals surface area contributed by atoms with Crippen molar-refractivity contribution in [3.63, 3.8) is 0 Å². The zero-order chi connectivity index (χ0) is 14.7. The van der Waals surface area contributed by atoms with E-state index in [4.69, 9.17) is 5.26 Å². The Morgan fingerprint density at radius 1 is 1.20 bits per heavy atom. The van der Waals surface area contributed by atoms with Crippen LogP contribution in [0.4, 0.5) is 10.1 Å². The van der Waals surface area contributed by atoms with Gasteiger partial charge in [0.25, 0.3) is 5.91 Å². The molecule has 0 aliphatic carbocycles. The van der Waals surface area contributed by atoms with E-state index < -0.39 is 11.7 Å². The van der Waals surface area contributed by atoms with Crippen LogP contribution >= 0.6 is 0 Å². The summed E-state index contributed by atoms with van der Waals surface area (Å²) in [4.78, 5) is 12.0. The SMILES string of the molecule is Cc1ccc(NC(=O)c2ccc(C#N)cc2F)c(C)c1. The molecule has 0 saturated carbocycles. The quantitative estimate of drug-likeness (QED) is 0.905. The van der Waals surface area contributed by atoms with Crippen molar-refractivity contribution in [3.05, 3.63) is 64.5 Å². The van der Waals surface area contributed by atoms with Crippen LogP contribution in [0, 0.1) is 31.0 Å². The van der Waals surface area contributed by atoms with Crippen LogP contribution < -0.4 is 5.32 Å². The number of nitrogens with zero attached hydrogens (tertiary/aromatic N) is 1. The number of aryl methyl sites for hydroxylation is 2. The molecule has 0 aliphatic rings. The second-order valence-electron chi connectivity index (χ2n) is 4.58. The molecule has 0 unspecified atom stereocenters. The lowest BCUT2D eigenvalue weighted by molar-refractivity contribution is 0.102. The van der Waals surface area contributed by atoms with Crippen molar-refractivity contribution >= 4 is 11.6 Å². The first-order chi connectivity index (χ1) is 9.51. The maximum Gasteiger partial charge on any atom is 0.258 e. The molecule has 0 atom stereocenters. The summed E-state index contributed by atoms with van der Waals surface area (Å²) in [6.45, 7) is 3.83. The van der Waals surface area contributed by atoms with Gasteiger partial charge in [0.05, 0.1) is 17.2 Å². The van der Waals surface area contributed by atoms with Gasteiger partial charge >= 0.3 is 0 Å². The van der Waals surface area contributed by atoms with Gasteiger partial charge in [0, 0.05) is 5.69 Å². The van der Waals surface area contributed by atoms with Crippen molar-refractivity contribution in [2.45, 2.75) is 13.8 Å². The molecule has 0 bridgehead atoms. The fraction of sp³-hybridized carbons (Fsp3) is 0.125. The summed E-state index contributed by atoms with van der Waals surface area (Å²) in [5.74, 6) is -1.23. The molecule has 4 heteroatoms. The van der Waals surface area contributed by atoms with Crippen molar-refractivity contribution in [1.82, 2.24) is 0 Å². The highest BCUT2D eigenvalue weighted by Gasteiger charge is 2.13. The maximum atomic E-state index is 13.7. The number of halogens is 1. The van der Waals surface area contributed by atoms with Crippen LogP contribution in [0.25, 0.3) is 0 Å². The molecule has 1 N–H and O–H groups in total. The fourth-order valence-corrected chi connectivity index (χ4v) is 1.91. The van der Waals surface area contributed by atoms with Crippen molar-refractivity contribution in [1.29, 1.82) is 5.26 Å². The molecular weight excluding hydrogens is 255 g/mol. The van der Waals surface area contributed by atoms with Gasteiger partial charge in [0.1, 0.15) is 5.82 Å². The Labute approximate surface area is 116 Å². The Kier molecular flexibility index (Phi) is 3.81. The van der Waals surface area contributed by atoms with Crippen LogP contribution in [0.1, 0.15) is 27.0 Å². The average molecular weight is 268 g/mol. The van der Waals surface area contributed by atoms with E-state index in [0.29, 0.717) is 5.69 Å². The molecule has 0 heterocycles. The number of amides is 1. The van der Waals surface area contributed by atoms with Gasteiger partial charge in [-0.2, -0.15) is 5.26 Å². The minimum atomic E-state index is -0.702. The smallest absolute Gasteiger partial charge is 0.258 e. The van der Waals surface area contributed by atoms with Gasteiger partial charge in [-0.25, -0.2) is 4.39 Å². The second-order valence-corrected chi connectivity index (χ2v) is 4.58. The molecule has 1 amide bonds. The molecule has 100 valence electrons. The van der Waals surface area contributed by atoms with Crippen LogP contribution in [0.2, 0.25) is 0 Å². The number of hydrogen-bond acceptors (Lipinski definition) is 2. The summed E-state index contributed by atoms with van der Waals surface area (Å²) in [5, 5.41) is 11.3. The highest BCUT2D eigenvalue weighted by atomic mass is 19.1. The molecule has 2 rings (SSSR count). The van der Waals surface area contributed by atoms with Crippen molar-refractivity contribution in [3.8, 4) is 6.07 Å². The van der Waals surface area contributed by atoms with Crippen LogP contribution in [0.3, 0.4) is 0 Å². The summed E-state index contributed by atoms with van der Waals surface area (Å²) < 4.78 is 13.7. The first kappa shape index (κ1) is 13.8. The number of rotatable bonds is 2. The number of anilines is 1. The van der Waals surface area contributed by atoms with Crippen LogP contribution in [-0.4, -0.2) is 5.91 Å². The van der Waals surface area contributed by atoms with E-state index in [9.17, 15) is 9.18 Å². The van der Waals surface area contributed by atoms with Crippen LogP contribution in [0.15, 0.2) is 36.4 Å². The summed E-state index contributed by atoms with van der Waals surface area (Å²) in [6.07, 6.45) is 0. The normalized spacial score (nSPS) is 9.90. The first-order valence-electron chi connectivity index (χ1n) is 6.09. The minimum absolute atomic E-state index is 0.0797. The minimum Gasteiger partial charge on any atom is -0.322 e. The molecule has 0 fully saturated rings. The van der Waals surface area contributed by atoms with Gasteiger partial charge in [0.15, 0.2) is 0 Å². The van der Waals surface area contributed by atoms with Gasteiger partial charge in [-0.3, -0.25) is 4.79 Å². The molecule has 3 nitrogen and oxygen atoms in total. The van der Waals surface area contributed by atoms with Crippen molar-refractivity contribution in [2.75, 3.05) is 5.32 Å². The van der Waals surface area contributed by atoms with E-state index in [1.165, 1.54) is 12.1 Å². The largest absolute Gasteiger partial charge is 0.322 e. The topological polar surface area (TPSA) is 52.9 Å². The maximum absolute atomic E-state index is 13.7. The molecule has 0 radical (unpaired) electrons. The highest BCUT2D eigenvalue weighted by Crippen LogP contribution is 2.18. The lowest BCUT2D eigenvalue weighted by Gasteiger charge is -2.09. The second kappa shape index (κ2) is 5.54. The lowest BCUT2D eigenvalue weighted by Crippen LogP contribution is -2.14. The predicted molar refractivity (Wildman–Crippen MR) is 75.0 cm³/mol. The Morgan fingerprint density at radius 3 is 2.55 bits per heavy atom. The van der Waals surface area contributed by atoms with Crippen molar-refractivity contribution in [2.24, 2.45) is 0 Å². The third kappa shape index (κ3) is 2.83. The average Bonchev–Trinajstić information content (AvgIpc) is 2.41. The standard InChI is InChI=1S/C16H13FN2O/c1-10-3-6-15(11(2)7-10)19-16(20)13-5-4-12(9-18)8-14(13)17/h3-8H,1-2H3,(H,19,20). The number of nitrogens with one attached hydrogen (secondary N) is 1. The highest BCUT2D eigenvalue weighted by molar-refractivity contribution is 6.04. The first-order valence-corrected chi connectivity index (χ1v) is 6.09. The van der Waals surface area contributed by atoms with Gasteiger partial charge in [-0.15, -0.1) is 0 Å². The monoisotopic (exact) mass is 268 g/mol. The summed E-state index contributed by atoms with van der Waals surface area (Å²) in [5.41, 5.74) is 2.75. The zero-order valence-corrected chi connectivity index (χ0v) is 11.2. The van der Waals surface area contributed by atoms with E-state index in [0.717, 1.165) is 17.2 Å². The molecule has 2 aromatic rings. The number of carbonyl (C=O) groups is 1. The molecule has 2 aromatic carbocycles. The number of benzene rings is 2. The predicted octanol–water partition coefficient (Wildman–Crippen LogP) is 3.57. The number of carbonyl (C=O) groups excluding carboxylic acids is 1. The summed E-state index contributed by atoms with van der Waals surface area (Å²) in [7, 11) is 0. The van der Waals surface area contributed by atoms with Crippen LogP contribution in [0.5, 0.6) is 0 Å². The van der Waals surface area contributed by atoms with Gasteiger partial charge < -0.3 is 5.32 Å². The molecule has 0 saturated heterocycles. The zero-order valence-electron chi connectivity index (χ0n) is 11.2. The van der Waals surface area contributed by atoms with E-state index in [-0.39, 0.29) is 11.1 Å². The van der Waals surface area contributed by atoms with Gasteiger partial charge in [-0.1, -0.05) is 17.7 Å². The Morgan fingerprint density at radius 2 is 1.95 bits per heavy atom. The third-order valence-electron chi connectivity index (χ3n) is 2.97. The van der Waals surface area contributed by atoms with Crippen molar-refractivity contribution < 1.29 is 9.18 Å². The fourth-order valence-electron chi connectivity index (χ4n) is 1.91. The molecule has 0 aromatic heterocycles. The van der Waals surface area contributed by atoms with Gasteiger partial charge in [0.2, 0.25) is 0 Å². The molecule has 0 spiro atoms. The number of hydrogen-bond donors (Lipinski definition) is 1. The van der Waals surface area contributed by atoms with Gasteiger partial charge in [-0.05, 0) is 43.7 Å². The molecule has 0 aliphatic heterocycles. The van der Waals surface area contributed by atoms with E-state index >= 15 is 0 Å². The lowest BCUT2D eigenvalue weighted by atomic mass is 10.1. The van der Waals surface area contributed by atoms with E-state index in [1.54, 1.807) is 6.07 Å². The van der Waals surface area contributed by atoms with Crippen LogP contribution in [-0.2, 0) is 0 Å². The Bertz CT molecular complexity index is 717. The summed E-state index contributed by atoms with van der Waals surface area (Å²) in [6, 6.07) is 11.2. The molecular formula is C16H13FN2O. The Hall–Kier alpha value is -2.67. The summed E-state index contributed by atoms with van der Waals surface area (Å²) >= 11 is 0. The van der Waals surface area contributed by atoms with E-state index in [2.05, 4.69) is 5.32 Å². The number of nitriles is 1. The Balaban J connectivity index is 2.26. The third-order valence-corrected chi connectivity index (χ3v) is 2.97. The van der Waals surface area contributed by atoms with E-state index in [1.807, 2.05) is 32.0 Å². The molecule has 20 heavy (non-hydrogen) atoms.